The van der Waals surface area contributed by atoms with Crippen LogP contribution >= 0.6 is 0 Å². The van der Waals surface area contributed by atoms with Crippen LogP contribution in [0.2, 0.25) is 0 Å². The Kier molecular flexibility index (Phi) is 6.93. The van der Waals surface area contributed by atoms with Gasteiger partial charge >= 0.3 is 11.7 Å². The van der Waals surface area contributed by atoms with E-state index in [1.807, 2.05) is 6.92 Å². The second-order valence-electron chi connectivity index (χ2n) is 7.20. The van der Waals surface area contributed by atoms with E-state index < -0.39 is 27.5 Å². The fraction of sp³-hybridized carbons (Fsp3) is 0.364. The molecule has 0 spiro atoms. The highest BCUT2D eigenvalue weighted by Crippen LogP contribution is 2.33. The summed E-state index contributed by atoms with van der Waals surface area (Å²) in [6.45, 7) is 4.11. The summed E-state index contributed by atoms with van der Waals surface area (Å²) in [6, 6.07) is 8.82. The highest BCUT2D eigenvalue weighted by Gasteiger charge is 2.25. The van der Waals surface area contributed by atoms with Gasteiger partial charge in [-0.3, -0.25) is 4.57 Å². The number of aromatic nitrogens is 2. The number of carbonyl (C=O) groups is 1. The lowest BCUT2D eigenvalue weighted by molar-refractivity contribution is 0.0526. The SMILES string of the molecule is CCOC(=O)c1ccc2[nH]c(=O)n([C@H](CS(C)(=O)=O)c3ccc(OC)c(OCC)c3)c2c1. The molecule has 0 saturated heterocycles. The Labute approximate surface area is 185 Å². The summed E-state index contributed by atoms with van der Waals surface area (Å²) < 4.78 is 41.9. The number of hydrogen-bond acceptors (Lipinski definition) is 7. The third-order valence-corrected chi connectivity index (χ3v) is 5.79. The molecular weight excluding hydrogens is 436 g/mol. The first-order valence-corrected chi connectivity index (χ1v) is 12.1. The Balaban J connectivity index is 2.23. The Morgan fingerprint density at radius 1 is 1.09 bits per heavy atom. The second kappa shape index (κ2) is 9.47. The first-order chi connectivity index (χ1) is 15.2. The maximum atomic E-state index is 12.9. The lowest BCUT2D eigenvalue weighted by Gasteiger charge is -2.20. The van der Waals surface area contributed by atoms with Crippen molar-refractivity contribution >= 4 is 26.8 Å². The van der Waals surface area contributed by atoms with Crippen LogP contribution in [0.3, 0.4) is 0 Å². The molecule has 0 radical (unpaired) electrons. The van der Waals surface area contributed by atoms with E-state index in [1.165, 1.54) is 17.7 Å². The number of esters is 1. The van der Waals surface area contributed by atoms with Gasteiger partial charge in [0.1, 0.15) is 9.84 Å². The van der Waals surface area contributed by atoms with Crippen LogP contribution in [-0.4, -0.2) is 56.3 Å². The van der Waals surface area contributed by atoms with Gasteiger partial charge in [-0.15, -0.1) is 0 Å². The van der Waals surface area contributed by atoms with E-state index in [2.05, 4.69) is 4.98 Å². The third kappa shape index (κ3) is 4.96. The van der Waals surface area contributed by atoms with Crippen LogP contribution in [0.15, 0.2) is 41.2 Å². The van der Waals surface area contributed by atoms with Crippen LogP contribution in [0.1, 0.15) is 35.8 Å². The Hall–Kier alpha value is -3.27. The van der Waals surface area contributed by atoms with Crippen LogP contribution in [0.25, 0.3) is 11.0 Å². The van der Waals surface area contributed by atoms with E-state index in [0.29, 0.717) is 34.7 Å². The van der Waals surface area contributed by atoms with Crippen molar-refractivity contribution in [1.82, 2.24) is 9.55 Å². The van der Waals surface area contributed by atoms with Gasteiger partial charge in [0, 0.05) is 6.26 Å². The maximum absolute atomic E-state index is 12.9. The topological polar surface area (TPSA) is 117 Å². The number of ether oxygens (including phenoxy) is 3. The summed E-state index contributed by atoms with van der Waals surface area (Å²) in [7, 11) is -1.99. The van der Waals surface area contributed by atoms with Crippen molar-refractivity contribution in [2.24, 2.45) is 0 Å². The van der Waals surface area contributed by atoms with Gasteiger partial charge in [0.15, 0.2) is 11.5 Å². The van der Waals surface area contributed by atoms with E-state index in [-0.39, 0.29) is 17.9 Å². The van der Waals surface area contributed by atoms with Gasteiger partial charge in [0.2, 0.25) is 0 Å². The van der Waals surface area contributed by atoms with Gasteiger partial charge < -0.3 is 19.2 Å². The highest BCUT2D eigenvalue weighted by atomic mass is 32.2. The zero-order chi connectivity index (χ0) is 23.5. The molecule has 0 aliphatic carbocycles. The number of sulfone groups is 1. The van der Waals surface area contributed by atoms with Crippen molar-refractivity contribution < 1.29 is 27.4 Å². The van der Waals surface area contributed by atoms with Crippen LogP contribution in [0.5, 0.6) is 11.5 Å². The molecule has 3 rings (SSSR count). The van der Waals surface area contributed by atoms with E-state index in [4.69, 9.17) is 14.2 Å². The van der Waals surface area contributed by atoms with E-state index in [0.717, 1.165) is 6.26 Å². The summed E-state index contributed by atoms with van der Waals surface area (Å²) in [6.07, 6.45) is 1.11. The number of nitrogens with one attached hydrogen (secondary N) is 1. The Morgan fingerprint density at radius 2 is 1.84 bits per heavy atom. The molecule has 0 bridgehead atoms. The zero-order valence-corrected chi connectivity index (χ0v) is 19.2. The van der Waals surface area contributed by atoms with Gasteiger partial charge in [0.05, 0.1) is 48.7 Å². The predicted molar refractivity (Wildman–Crippen MR) is 121 cm³/mol. The molecular formula is C22H26N2O7S. The van der Waals surface area contributed by atoms with Crippen LogP contribution in [0.4, 0.5) is 0 Å². The standard InChI is InChI=1S/C22H26N2O7S/c1-5-30-20-12-14(8-10-19(20)29-3)18(13-32(4,27)28)24-17-11-15(21(25)31-6-2)7-9-16(17)23-22(24)26/h7-12,18H,5-6,13H2,1-4H3,(H,23,26)/t18-/m1/s1. The molecule has 2 aromatic carbocycles. The molecule has 172 valence electrons. The predicted octanol–water partition coefficient (Wildman–Crippen LogP) is 2.55. The molecule has 1 N–H and O–H groups in total. The molecule has 0 amide bonds. The van der Waals surface area contributed by atoms with Crippen LogP contribution in [0, 0.1) is 0 Å². The smallest absolute Gasteiger partial charge is 0.338 e. The number of carbonyl (C=O) groups excluding carboxylic acids is 1. The first-order valence-electron chi connectivity index (χ1n) is 10.1. The molecule has 9 nitrogen and oxygen atoms in total. The number of aromatic amines is 1. The van der Waals surface area contributed by atoms with E-state index >= 15 is 0 Å². The van der Waals surface area contributed by atoms with Gasteiger partial charge in [0.25, 0.3) is 0 Å². The van der Waals surface area contributed by atoms with Crippen LogP contribution in [-0.2, 0) is 14.6 Å². The molecule has 0 fully saturated rings. The molecule has 0 unspecified atom stereocenters. The molecule has 10 heteroatoms. The molecule has 0 saturated carbocycles. The summed E-state index contributed by atoms with van der Waals surface area (Å²) >= 11 is 0. The molecule has 0 aliphatic rings. The van der Waals surface area contributed by atoms with Crippen molar-refractivity contribution in [3.63, 3.8) is 0 Å². The molecule has 0 aliphatic heterocycles. The minimum atomic E-state index is -3.50. The van der Waals surface area contributed by atoms with Crippen LogP contribution < -0.4 is 15.2 Å². The average Bonchev–Trinajstić information content (AvgIpc) is 3.06. The lowest BCUT2D eigenvalue weighted by Crippen LogP contribution is -2.28. The molecule has 1 atom stereocenters. The van der Waals surface area contributed by atoms with Crippen molar-refractivity contribution in [2.45, 2.75) is 19.9 Å². The normalized spacial score (nSPS) is 12.5. The number of hydrogen-bond donors (Lipinski definition) is 1. The van der Waals surface area contributed by atoms with Crippen molar-refractivity contribution in [3.8, 4) is 11.5 Å². The lowest BCUT2D eigenvalue weighted by atomic mass is 10.1. The first kappa shape index (κ1) is 23.4. The van der Waals surface area contributed by atoms with E-state index in [1.54, 1.807) is 37.3 Å². The van der Waals surface area contributed by atoms with Gasteiger partial charge in [-0.1, -0.05) is 6.07 Å². The number of methoxy groups -OCH3 is 1. The quantitative estimate of drug-likeness (QED) is 0.486. The zero-order valence-electron chi connectivity index (χ0n) is 18.4. The summed E-state index contributed by atoms with van der Waals surface area (Å²) in [5.74, 6) is 0.0644. The minimum Gasteiger partial charge on any atom is -0.493 e. The number of benzene rings is 2. The molecule has 1 heterocycles. The second-order valence-corrected chi connectivity index (χ2v) is 9.39. The molecule has 3 aromatic rings. The third-order valence-electron chi connectivity index (χ3n) is 4.87. The molecule has 32 heavy (non-hydrogen) atoms. The van der Waals surface area contributed by atoms with E-state index in [9.17, 15) is 18.0 Å². The monoisotopic (exact) mass is 462 g/mol. The Bertz CT molecular complexity index is 1290. The Morgan fingerprint density at radius 3 is 2.47 bits per heavy atom. The number of rotatable bonds is 9. The van der Waals surface area contributed by atoms with Gasteiger partial charge in [-0.2, -0.15) is 0 Å². The fourth-order valence-electron chi connectivity index (χ4n) is 3.55. The molecule has 1 aromatic heterocycles. The van der Waals surface area contributed by atoms with Gasteiger partial charge in [-0.05, 0) is 49.7 Å². The summed E-state index contributed by atoms with van der Waals surface area (Å²) in [4.78, 5) is 27.9. The largest absolute Gasteiger partial charge is 0.493 e. The number of fused-ring (bicyclic) bond motifs is 1. The maximum Gasteiger partial charge on any atom is 0.338 e. The van der Waals surface area contributed by atoms with Crippen molar-refractivity contribution in [3.05, 3.63) is 58.0 Å². The highest BCUT2D eigenvalue weighted by molar-refractivity contribution is 7.90. The number of imidazole rings is 1. The average molecular weight is 463 g/mol. The van der Waals surface area contributed by atoms with Crippen molar-refractivity contribution in [1.29, 1.82) is 0 Å². The minimum absolute atomic E-state index is 0.208. The number of nitrogens with zero attached hydrogens (tertiary/aromatic N) is 1. The van der Waals surface area contributed by atoms with Gasteiger partial charge in [-0.25, -0.2) is 18.0 Å². The summed E-state index contributed by atoms with van der Waals surface area (Å²) in [5, 5.41) is 0. The van der Waals surface area contributed by atoms with Crippen molar-refractivity contribution in [2.75, 3.05) is 32.3 Å². The number of H-pyrrole nitrogens is 1. The fourth-order valence-corrected chi connectivity index (χ4v) is 4.46. The summed E-state index contributed by atoms with van der Waals surface area (Å²) in [5.41, 5.74) is 1.17.